The van der Waals surface area contributed by atoms with Crippen LogP contribution in [0.3, 0.4) is 0 Å². The van der Waals surface area contributed by atoms with Crippen molar-refractivity contribution in [3.63, 3.8) is 0 Å². The largest absolute Gasteiger partial charge is 0.472 e. The summed E-state index contributed by atoms with van der Waals surface area (Å²) in [6.07, 6.45) is 5.87. The molecule has 0 aromatic carbocycles. The molecule has 2 rings (SSSR count). The van der Waals surface area contributed by atoms with Crippen LogP contribution in [0.1, 0.15) is 149 Å². The number of esters is 2. The summed E-state index contributed by atoms with van der Waals surface area (Å²) in [5.74, 6) is -5.52. The van der Waals surface area contributed by atoms with Gasteiger partial charge < -0.3 is 54.8 Å². The number of hydrogen-bond donors (Lipinski definition) is 9. The SMILES string of the molecule is CC/C=C\C/C=C\C/C=C\CCCCCCCC(=O)O[C@@H]1COC(=O)CCCCCC[C@H]2C(=O)C[C@@H](O)[C@H](/C=C/[C@@H](O)CCCCC)[C@@H](O)[C@@H](OP(=O)(O)O)[C@@H](OP(=O)(O)OC1)[C@H](O)[C@@H](O)[C@@H]2O. The number of Topliss-reactive ketones (excluding diaryl/α,β-unsaturated/α-hetero) is 1. The smallest absolute Gasteiger partial charge is 0.462 e. The number of aliphatic hydroxyl groups is 6. The van der Waals surface area contributed by atoms with Crippen LogP contribution >= 0.6 is 15.6 Å². The van der Waals surface area contributed by atoms with Gasteiger partial charge >= 0.3 is 27.6 Å². The Morgan fingerprint density at radius 3 is 2.18 bits per heavy atom. The van der Waals surface area contributed by atoms with Crippen molar-refractivity contribution in [1.29, 1.82) is 0 Å². The van der Waals surface area contributed by atoms with Gasteiger partial charge in [-0.2, -0.15) is 0 Å². The molecule has 1 saturated heterocycles. The number of rotatable bonds is 22. The predicted molar refractivity (Wildman–Crippen MR) is 251 cm³/mol. The maximum Gasteiger partial charge on any atom is 0.472 e. The Kier molecular flexibility index (Phi) is 30.8. The molecule has 2 bridgehead atoms. The van der Waals surface area contributed by atoms with Gasteiger partial charge in [0.15, 0.2) is 6.10 Å². The molecular weight excluding hydrogens is 930 g/mol. The van der Waals surface area contributed by atoms with E-state index in [9.17, 15) is 68.8 Å². The van der Waals surface area contributed by atoms with Crippen molar-refractivity contribution in [2.75, 3.05) is 13.2 Å². The molecule has 0 spiro atoms. The summed E-state index contributed by atoms with van der Waals surface area (Å²) < 4.78 is 52.2. The summed E-state index contributed by atoms with van der Waals surface area (Å²) in [6, 6.07) is 0. The minimum atomic E-state index is -5.78. The molecule has 12 atom stereocenters. The topological polar surface area (TPSA) is 314 Å². The van der Waals surface area contributed by atoms with Crippen LogP contribution in [0.4, 0.5) is 0 Å². The highest BCUT2D eigenvalue weighted by atomic mass is 31.2. The second-order valence-electron chi connectivity index (χ2n) is 17.6. The standard InChI is InChI=1S/C47H80O19P2/c1-3-5-7-8-9-10-11-12-13-14-15-16-17-18-24-28-41(52)64-35-32-62-40(51)27-23-20-19-22-26-36-38(49)31-39(50)37(30-29-34(48)25-21-6-4-2)43(54)46(65-67(57,58)59)47(45(56)44(55)42(36)53)66-68(60,61)63-33-35/h5,7,9-10,12-13,29-30,34-37,39,42-48,50,53-56H,3-4,6,8,11,14-28,31-33H2,1-2H3,(H,60,61)(H2,57,58,59)/b7-5-,10-9-,13-12-,30-29+/t34-,35+,36-,37-,39+,42+,43+,44-,45+,46+,47-/m0/s1. The summed E-state index contributed by atoms with van der Waals surface area (Å²) in [7, 11) is -11.5. The lowest BCUT2D eigenvalue weighted by Gasteiger charge is -2.38. The molecule has 0 radical (unpaired) electrons. The first-order valence-corrected chi connectivity index (χ1v) is 27.3. The third-order valence-electron chi connectivity index (χ3n) is 11.8. The maximum absolute atomic E-state index is 13.8. The van der Waals surface area contributed by atoms with Crippen LogP contribution in [0.25, 0.3) is 0 Å². The Morgan fingerprint density at radius 1 is 0.824 bits per heavy atom. The second kappa shape index (κ2) is 34.0. The second-order valence-corrected chi connectivity index (χ2v) is 20.2. The number of ketones is 1. The van der Waals surface area contributed by atoms with Gasteiger partial charge in [-0.15, -0.1) is 0 Å². The van der Waals surface area contributed by atoms with Crippen LogP contribution in [0.2, 0.25) is 0 Å². The molecule has 1 heterocycles. The summed E-state index contributed by atoms with van der Waals surface area (Å²) >= 11 is 0. The molecule has 0 aromatic rings. The van der Waals surface area contributed by atoms with Gasteiger partial charge in [-0.3, -0.25) is 28.0 Å². The molecule has 68 heavy (non-hydrogen) atoms. The molecule has 1 aliphatic heterocycles. The van der Waals surface area contributed by atoms with Crippen LogP contribution in [0, 0.1) is 11.8 Å². The van der Waals surface area contributed by atoms with Crippen LogP contribution in [-0.4, -0.2) is 131 Å². The van der Waals surface area contributed by atoms with Crippen molar-refractivity contribution < 1.29 is 91.9 Å². The first kappa shape index (κ1) is 61.7. The van der Waals surface area contributed by atoms with Gasteiger partial charge in [-0.05, 0) is 57.8 Å². The van der Waals surface area contributed by atoms with E-state index < -0.39 is 120 Å². The monoisotopic (exact) mass is 1010 g/mol. The first-order valence-electron chi connectivity index (χ1n) is 24.3. The summed E-state index contributed by atoms with van der Waals surface area (Å²) in [6.45, 7) is 2.44. The number of allylic oxidation sites excluding steroid dienone is 6. The zero-order chi connectivity index (χ0) is 50.5. The van der Waals surface area contributed by atoms with Crippen molar-refractivity contribution >= 4 is 33.4 Å². The molecule has 9 N–H and O–H groups in total. The lowest BCUT2D eigenvalue weighted by molar-refractivity contribution is -0.165. The molecule has 2 fully saturated rings. The Balaban J connectivity index is 2.36. The molecule has 19 nitrogen and oxygen atoms in total. The zero-order valence-electron chi connectivity index (χ0n) is 39.7. The van der Waals surface area contributed by atoms with E-state index in [0.717, 1.165) is 63.9 Å². The number of carbonyl (C=O) groups is 3. The minimum absolute atomic E-state index is 0.0497. The number of ether oxygens (including phenoxy) is 2. The Morgan fingerprint density at radius 2 is 1.49 bits per heavy atom. The Labute approximate surface area is 401 Å². The van der Waals surface area contributed by atoms with E-state index >= 15 is 0 Å². The van der Waals surface area contributed by atoms with Gasteiger partial charge in [0.1, 0.15) is 36.8 Å². The molecular formula is C47H80O19P2. The van der Waals surface area contributed by atoms with Crippen molar-refractivity contribution in [3.8, 4) is 0 Å². The zero-order valence-corrected chi connectivity index (χ0v) is 41.5. The number of phosphoric ester groups is 2. The van der Waals surface area contributed by atoms with Gasteiger partial charge in [0, 0.05) is 31.1 Å². The lowest BCUT2D eigenvalue weighted by atomic mass is 9.83. The van der Waals surface area contributed by atoms with Gasteiger partial charge in [0.2, 0.25) is 0 Å². The lowest BCUT2D eigenvalue weighted by Crippen LogP contribution is -2.56. The maximum atomic E-state index is 13.8. The van der Waals surface area contributed by atoms with E-state index in [1.54, 1.807) is 0 Å². The van der Waals surface area contributed by atoms with Crippen molar-refractivity contribution in [2.24, 2.45) is 11.8 Å². The Bertz CT molecular complexity index is 1670. The van der Waals surface area contributed by atoms with E-state index in [2.05, 4.69) is 43.4 Å². The molecule has 2 aliphatic rings. The predicted octanol–water partition coefficient (Wildman–Crippen LogP) is 5.87. The molecule has 392 valence electrons. The summed E-state index contributed by atoms with van der Waals surface area (Å²) in [5, 5.41) is 68.3. The van der Waals surface area contributed by atoms with E-state index in [1.807, 2.05) is 6.92 Å². The summed E-state index contributed by atoms with van der Waals surface area (Å²) in [5.41, 5.74) is 0. The van der Waals surface area contributed by atoms with Crippen LogP contribution in [0.15, 0.2) is 48.6 Å². The van der Waals surface area contributed by atoms with E-state index in [0.29, 0.717) is 38.5 Å². The normalized spacial score (nSPS) is 30.9. The fourth-order valence-corrected chi connectivity index (χ4v) is 9.47. The molecule has 1 saturated carbocycles. The van der Waals surface area contributed by atoms with E-state index in [4.69, 9.17) is 23.0 Å². The third-order valence-corrected chi connectivity index (χ3v) is 13.3. The summed E-state index contributed by atoms with van der Waals surface area (Å²) in [4.78, 5) is 70.5. The van der Waals surface area contributed by atoms with Crippen molar-refractivity contribution in [2.45, 2.75) is 204 Å². The van der Waals surface area contributed by atoms with E-state index in [-0.39, 0.29) is 32.1 Å². The first-order chi connectivity index (χ1) is 32.3. The van der Waals surface area contributed by atoms with Crippen LogP contribution in [-0.2, 0) is 46.6 Å². The Hall–Kier alpha value is -2.45. The third kappa shape index (κ3) is 25.6. The molecule has 1 aliphatic carbocycles. The molecule has 1 unspecified atom stereocenters. The van der Waals surface area contributed by atoms with Gasteiger partial charge in [-0.1, -0.05) is 120 Å². The number of unbranched alkanes of at least 4 members (excludes halogenated alkanes) is 7. The van der Waals surface area contributed by atoms with Gasteiger partial charge in [-0.25, -0.2) is 9.13 Å². The van der Waals surface area contributed by atoms with Gasteiger partial charge in [0.05, 0.1) is 31.0 Å². The number of phosphoric acid groups is 2. The fourth-order valence-electron chi connectivity index (χ4n) is 7.94. The average Bonchev–Trinajstić information content (AvgIpc) is 3.28. The number of fused-ring (bicyclic) bond motifs is 4. The average molecular weight is 1010 g/mol. The number of aliphatic hydroxyl groups excluding tert-OH is 6. The number of carbonyl (C=O) groups excluding carboxylic acids is 3. The van der Waals surface area contributed by atoms with Crippen molar-refractivity contribution in [3.05, 3.63) is 48.6 Å². The molecule has 21 heteroatoms. The number of cyclic esters (lactones) is 1. The molecule has 0 amide bonds. The van der Waals surface area contributed by atoms with E-state index in [1.165, 1.54) is 6.08 Å². The van der Waals surface area contributed by atoms with Gasteiger partial charge in [0.25, 0.3) is 0 Å². The number of hydrogen-bond acceptors (Lipinski definition) is 16. The minimum Gasteiger partial charge on any atom is -0.462 e. The fraction of sp³-hybridized carbons (Fsp3) is 0.766. The quantitative estimate of drug-likeness (QED) is 0.0265. The van der Waals surface area contributed by atoms with Crippen molar-refractivity contribution in [1.82, 2.24) is 0 Å². The molecule has 0 aromatic heterocycles. The highest BCUT2D eigenvalue weighted by Gasteiger charge is 2.51. The highest BCUT2D eigenvalue weighted by molar-refractivity contribution is 7.47. The van der Waals surface area contributed by atoms with Crippen LogP contribution in [0.5, 0.6) is 0 Å². The highest BCUT2D eigenvalue weighted by Crippen LogP contribution is 2.49. The van der Waals surface area contributed by atoms with Crippen LogP contribution < -0.4 is 0 Å².